The molecule has 2 aliphatic heterocycles. The van der Waals surface area contributed by atoms with Gasteiger partial charge < -0.3 is 9.32 Å². The van der Waals surface area contributed by atoms with Gasteiger partial charge in [-0.1, -0.05) is 6.07 Å². The van der Waals surface area contributed by atoms with Crippen LogP contribution in [0.2, 0.25) is 0 Å². The second-order valence-corrected chi connectivity index (χ2v) is 8.19. The summed E-state index contributed by atoms with van der Waals surface area (Å²) >= 11 is 1.55. The molecule has 2 fully saturated rings. The summed E-state index contributed by atoms with van der Waals surface area (Å²) in [7, 11) is 0. The Kier molecular flexibility index (Phi) is 4.22. The zero-order valence-electron chi connectivity index (χ0n) is 14.2. The van der Waals surface area contributed by atoms with Crippen molar-refractivity contribution >= 4 is 17.2 Å². The van der Waals surface area contributed by atoms with Crippen LogP contribution in [0.3, 0.4) is 0 Å². The molecule has 0 saturated carbocycles. The minimum absolute atomic E-state index is 0.218. The van der Waals surface area contributed by atoms with E-state index in [1.54, 1.807) is 11.3 Å². The average molecular weight is 344 g/mol. The van der Waals surface area contributed by atoms with Crippen LogP contribution in [0.25, 0.3) is 0 Å². The maximum Gasteiger partial charge on any atom is 0.263 e. The molecule has 4 heterocycles. The number of furan rings is 1. The number of hydrogen-bond acceptors (Lipinski definition) is 4. The van der Waals surface area contributed by atoms with Crippen LogP contribution in [0.5, 0.6) is 0 Å². The lowest BCUT2D eigenvalue weighted by Gasteiger charge is -2.38. The van der Waals surface area contributed by atoms with Crippen LogP contribution in [-0.4, -0.2) is 41.9 Å². The van der Waals surface area contributed by atoms with E-state index < -0.39 is 0 Å². The van der Waals surface area contributed by atoms with Crippen molar-refractivity contribution < 1.29 is 9.21 Å². The Morgan fingerprint density at radius 1 is 1.21 bits per heavy atom. The molecule has 128 valence electrons. The van der Waals surface area contributed by atoms with E-state index in [0.717, 1.165) is 55.5 Å². The fourth-order valence-electron chi connectivity index (χ4n) is 4.05. The fourth-order valence-corrected chi connectivity index (χ4v) is 4.74. The van der Waals surface area contributed by atoms with E-state index in [-0.39, 0.29) is 5.91 Å². The number of hydrogen-bond donors (Lipinski definition) is 0. The minimum atomic E-state index is 0.218. The first kappa shape index (κ1) is 15.9. The predicted molar refractivity (Wildman–Crippen MR) is 95.2 cm³/mol. The van der Waals surface area contributed by atoms with Gasteiger partial charge in [-0.2, -0.15) is 0 Å². The van der Waals surface area contributed by atoms with Gasteiger partial charge in [0.25, 0.3) is 5.91 Å². The standard InChI is InChI=1S/C19H24N2O2S/c1-15-4-5-16(23-15)13-20-9-6-19(7-10-20)8-11-21(14-19)18(22)17-3-2-12-24-17/h2-5,12H,6-11,13-14H2,1H3. The number of nitrogens with zero attached hydrogens (tertiary/aromatic N) is 2. The number of likely N-dealkylation sites (tertiary alicyclic amines) is 2. The smallest absolute Gasteiger partial charge is 0.263 e. The second kappa shape index (κ2) is 6.37. The van der Waals surface area contributed by atoms with Crippen molar-refractivity contribution in [3.63, 3.8) is 0 Å². The first-order chi connectivity index (χ1) is 11.6. The molecular formula is C19H24N2O2S. The van der Waals surface area contributed by atoms with Crippen molar-refractivity contribution in [2.45, 2.75) is 32.7 Å². The van der Waals surface area contributed by atoms with Gasteiger partial charge in [0.2, 0.25) is 0 Å². The van der Waals surface area contributed by atoms with Crippen molar-refractivity contribution in [2.24, 2.45) is 5.41 Å². The van der Waals surface area contributed by atoms with E-state index >= 15 is 0 Å². The maximum atomic E-state index is 12.6. The molecule has 24 heavy (non-hydrogen) atoms. The van der Waals surface area contributed by atoms with Crippen molar-refractivity contribution in [2.75, 3.05) is 26.2 Å². The summed E-state index contributed by atoms with van der Waals surface area (Å²) in [6.45, 7) is 6.93. The average Bonchev–Trinajstić information content (AvgIpc) is 3.31. The summed E-state index contributed by atoms with van der Waals surface area (Å²) in [6.07, 6.45) is 3.51. The number of carbonyl (C=O) groups excluding carboxylic acids is 1. The Morgan fingerprint density at radius 3 is 2.67 bits per heavy atom. The van der Waals surface area contributed by atoms with Crippen LogP contribution in [0.1, 0.15) is 40.5 Å². The summed E-state index contributed by atoms with van der Waals surface area (Å²) in [6, 6.07) is 8.01. The summed E-state index contributed by atoms with van der Waals surface area (Å²) in [4.78, 5) is 18.0. The van der Waals surface area contributed by atoms with Crippen molar-refractivity contribution in [1.29, 1.82) is 0 Å². The lowest BCUT2D eigenvalue weighted by Crippen LogP contribution is -2.41. The summed E-state index contributed by atoms with van der Waals surface area (Å²) in [5, 5.41) is 1.98. The molecule has 4 rings (SSSR count). The third-order valence-corrected chi connectivity index (χ3v) is 6.41. The van der Waals surface area contributed by atoms with E-state index in [1.807, 2.05) is 30.5 Å². The molecule has 2 aliphatic rings. The van der Waals surface area contributed by atoms with Crippen molar-refractivity contribution in [1.82, 2.24) is 9.80 Å². The molecule has 0 N–H and O–H groups in total. The summed E-state index contributed by atoms with van der Waals surface area (Å²) in [5.41, 5.74) is 0.336. The molecule has 0 unspecified atom stereocenters. The van der Waals surface area contributed by atoms with E-state index in [2.05, 4.69) is 15.9 Å². The van der Waals surface area contributed by atoms with Crippen LogP contribution in [0, 0.1) is 12.3 Å². The van der Waals surface area contributed by atoms with Crippen LogP contribution in [0.4, 0.5) is 0 Å². The Hall–Kier alpha value is -1.59. The predicted octanol–water partition coefficient (Wildman–Crippen LogP) is 3.78. The highest BCUT2D eigenvalue weighted by molar-refractivity contribution is 7.12. The normalized spacial score (nSPS) is 20.8. The summed E-state index contributed by atoms with van der Waals surface area (Å²) < 4.78 is 5.70. The van der Waals surface area contributed by atoms with Crippen molar-refractivity contribution in [3.05, 3.63) is 46.0 Å². The van der Waals surface area contributed by atoms with E-state index in [4.69, 9.17) is 4.42 Å². The molecule has 1 spiro atoms. The van der Waals surface area contributed by atoms with Gasteiger partial charge in [0, 0.05) is 13.1 Å². The molecule has 0 aromatic carbocycles. The third-order valence-electron chi connectivity index (χ3n) is 5.55. The monoisotopic (exact) mass is 344 g/mol. The third kappa shape index (κ3) is 3.15. The van der Waals surface area contributed by atoms with E-state index in [1.165, 1.54) is 12.8 Å². The lowest BCUT2D eigenvalue weighted by atomic mass is 9.78. The van der Waals surface area contributed by atoms with Crippen LogP contribution < -0.4 is 0 Å². The number of piperidine rings is 1. The van der Waals surface area contributed by atoms with Gasteiger partial charge >= 0.3 is 0 Å². The van der Waals surface area contributed by atoms with Crippen molar-refractivity contribution in [3.8, 4) is 0 Å². The molecule has 2 aromatic heterocycles. The van der Waals surface area contributed by atoms with Gasteiger partial charge in [-0.15, -0.1) is 11.3 Å². The topological polar surface area (TPSA) is 36.7 Å². The van der Waals surface area contributed by atoms with Gasteiger partial charge in [0.1, 0.15) is 11.5 Å². The summed E-state index contributed by atoms with van der Waals surface area (Å²) in [5.74, 6) is 2.26. The molecule has 5 heteroatoms. The Bertz CT molecular complexity index is 699. The molecule has 0 radical (unpaired) electrons. The van der Waals surface area contributed by atoms with Gasteiger partial charge in [0.15, 0.2) is 0 Å². The Labute approximate surface area is 147 Å². The van der Waals surface area contributed by atoms with Gasteiger partial charge in [-0.05, 0) is 68.3 Å². The molecule has 0 bridgehead atoms. The minimum Gasteiger partial charge on any atom is -0.465 e. The number of carbonyl (C=O) groups is 1. The van der Waals surface area contributed by atoms with E-state index in [0.29, 0.717) is 5.41 Å². The zero-order valence-corrected chi connectivity index (χ0v) is 15.0. The van der Waals surface area contributed by atoms with Gasteiger partial charge in [0.05, 0.1) is 11.4 Å². The van der Waals surface area contributed by atoms with Crippen LogP contribution in [-0.2, 0) is 6.54 Å². The van der Waals surface area contributed by atoms with Gasteiger partial charge in [-0.3, -0.25) is 9.69 Å². The SMILES string of the molecule is Cc1ccc(CN2CCC3(CC2)CCN(C(=O)c2cccs2)C3)o1. The number of thiophene rings is 1. The van der Waals surface area contributed by atoms with Crippen LogP contribution >= 0.6 is 11.3 Å². The van der Waals surface area contributed by atoms with Gasteiger partial charge in [-0.25, -0.2) is 0 Å². The van der Waals surface area contributed by atoms with Crippen LogP contribution in [0.15, 0.2) is 34.1 Å². The molecular weight excluding hydrogens is 320 g/mol. The number of rotatable bonds is 3. The largest absolute Gasteiger partial charge is 0.465 e. The first-order valence-electron chi connectivity index (χ1n) is 8.74. The highest BCUT2D eigenvalue weighted by Crippen LogP contribution is 2.41. The quantitative estimate of drug-likeness (QED) is 0.850. The number of amides is 1. The Morgan fingerprint density at radius 2 is 2.00 bits per heavy atom. The second-order valence-electron chi connectivity index (χ2n) is 7.24. The fraction of sp³-hybridized carbons (Fsp3) is 0.526. The highest BCUT2D eigenvalue weighted by Gasteiger charge is 2.42. The molecule has 0 atom stereocenters. The van der Waals surface area contributed by atoms with E-state index in [9.17, 15) is 4.79 Å². The number of aryl methyl sites for hydroxylation is 1. The lowest BCUT2D eigenvalue weighted by molar-refractivity contribution is 0.0710. The zero-order chi connectivity index (χ0) is 16.6. The Balaban J connectivity index is 1.33. The molecule has 2 aromatic rings. The molecule has 4 nitrogen and oxygen atoms in total. The molecule has 2 saturated heterocycles. The maximum absolute atomic E-state index is 12.6. The molecule has 0 aliphatic carbocycles. The highest BCUT2D eigenvalue weighted by atomic mass is 32.1. The first-order valence-corrected chi connectivity index (χ1v) is 9.62. The molecule has 1 amide bonds.